The van der Waals surface area contributed by atoms with Gasteiger partial charge < -0.3 is 14.8 Å². The largest absolute Gasteiger partial charge is 0.376 e. The molecule has 0 aliphatic carbocycles. The molecule has 1 atom stereocenters. The van der Waals surface area contributed by atoms with E-state index in [-0.39, 0.29) is 12.0 Å². The first-order chi connectivity index (χ1) is 8.68. The highest BCUT2D eigenvalue weighted by atomic mass is 35.5. The molecule has 6 heteroatoms. The molecule has 0 radical (unpaired) electrons. The van der Waals surface area contributed by atoms with Gasteiger partial charge in [0.05, 0.1) is 25.9 Å². The molecule has 1 aromatic heterocycles. The van der Waals surface area contributed by atoms with Crippen LogP contribution >= 0.6 is 11.6 Å². The van der Waals surface area contributed by atoms with Crippen molar-refractivity contribution in [2.45, 2.75) is 25.9 Å². The van der Waals surface area contributed by atoms with E-state index in [0.717, 1.165) is 11.4 Å². The molecule has 1 aliphatic heterocycles. The highest BCUT2D eigenvalue weighted by molar-refractivity contribution is 6.30. The van der Waals surface area contributed by atoms with Crippen LogP contribution in [0.25, 0.3) is 0 Å². The van der Waals surface area contributed by atoms with Gasteiger partial charge in [-0.1, -0.05) is 25.4 Å². The number of anilines is 1. The maximum absolute atomic E-state index is 6.10. The molecule has 18 heavy (non-hydrogen) atoms. The second kappa shape index (κ2) is 6.31. The Kier molecular flexibility index (Phi) is 4.74. The average molecular weight is 272 g/mol. The lowest BCUT2D eigenvalue weighted by molar-refractivity contribution is -0.0819. The predicted octanol–water partition coefficient (Wildman–Crippen LogP) is 2.08. The van der Waals surface area contributed by atoms with Gasteiger partial charge in [-0.2, -0.15) is 0 Å². The maximum atomic E-state index is 6.10. The molecule has 2 heterocycles. The minimum absolute atomic E-state index is 0.0625. The van der Waals surface area contributed by atoms with Crippen LogP contribution in [-0.2, 0) is 9.47 Å². The fraction of sp³-hybridized carbons (Fsp3) is 0.667. The van der Waals surface area contributed by atoms with Crippen molar-refractivity contribution in [2.75, 3.05) is 31.7 Å². The summed E-state index contributed by atoms with van der Waals surface area (Å²) in [4.78, 5) is 8.26. The number of aromatic nitrogens is 2. The van der Waals surface area contributed by atoms with E-state index in [0.29, 0.717) is 31.5 Å². The monoisotopic (exact) mass is 271 g/mol. The molecule has 1 saturated heterocycles. The molecule has 1 unspecified atom stereocenters. The van der Waals surface area contributed by atoms with Gasteiger partial charge >= 0.3 is 0 Å². The third-order valence-corrected chi connectivity index (χ3v) is 3.10. The number of hydrogen-bond donors (Lipinski definition) is 1. The summed E-state index contributed by atoms with van der Waals surface area (Å²) < 4.78 is 10.9. The molecular weight excluding hydrogens is 254 g/mol. The molecule has 1 aliphatic rings. The molecule has 5 nitrogen and oxygen atoms in total. The van der Waals surface area contributed by atoms with E-state index in [1.807, 2.05) is 0 Å². The van der Waals surface area contributed by atoms with Gasteiger partial charge in [-0.25, -0.2) is 9.97 Å². The van der Waals surface area contributed by atoms with Gasteiger partial charge in [-0.15, -0.1) is 0 Å². The number of ether oxygens (including phenoxy) is 2. The Bertz CT molecular complexity index is 395. The lowest BCUT2D eigenvalue weighted by Gasteiger charge is -2.24. The second-order valence-corrected chi connectivity index (χ2v) is 4.89. The second-order valence-electron chi connectivity index (χ2n) is 4.53. The first-order valence-corrected chi connectivity index (χ1v) is 6.50. The Morgan fingerprint density at radius 1 is 1.44 bits per heavy atom. The Morgan fingerprint density at radius 2 is 2.28 bits per heavy atom. The van der Waals surface area contributed by atoms with E-state index < -0.39 is 0 Å². The van der Waals surface area contributed by atoms with Crippen molar-refractivity contribution in [3.8, 4) is 0 Å². The summed E-state index contributed by atoms with van der Waals surface area (Å²) in [5.41, 5.74) is 0.941. The number of nitrogens with one attached hydrogen (secondary N) is 1. The van der Waals surface area contributed by atoms with Gasteiger partial charge in [0.25, 0.3) is 0 Å². The number of rotatable bonds is 4. The highest BCUT2D eigenvalue weighted by Crippen LogP contribution is 2.27. The van der Waals surface area contributed by atoms with Crippen LogP contribution in [0.15, 0.2) is 6.33 Å². The van der Waals surface area contributed by atoms with Crippen molar-refractivity contribution in [3.05, 3.63) is 17.0 Å². The summed E-state index contributed by atoms with van der Waals surface area (Å²) in [5, 5.41) is 3.77. The van der Waals surface area contributed by atoms with Crippen LogP contribution in [0.1, 0.15) is 25.3 Å². The van der Waals surface area contributed by atoms with Gasteiger partial charge in [-0.3, -0.25) is 0 Å². The number of halogens is 1. The topological polar surface area (TPSA) is 56.3 Å². The van der Waals surface area contributed by atoms with E-state index in [9.17, 15) is 0 Å². The average Bonchev–Trinajstić information content (AvgIpc) is 2.37. The van der Waals surface area contributed by atoms with E-state index in [1.54, 1.807) is 0 Å². The Balaban J connectivity index is 2.02. The molecule has 0 amide bonds. The van der Waals surface area contributed by atoms with Crippen LogP contribution < -0.4 is 5.32 Å². The summed E-state index contributed by atoms with van der Waals surface area (Å²) in [5.74, 6) is 1.05. The van der Waals surface area contributed by atoms with E-state index >= 15 is 0 Å². The van der Waals surface area contributed by atoms with Crippen molar-refractivity contribution in [1.29, 1.82) is 0 Å². The van der Waals surface area contributed by atoms with Crippen LogP contribution in [0, 0.1) is 0 Å². The molecule has 0 spiro atoms. The predicted molar refractivity (Wildman–Crippen MR) is 70.2 cm³/mol. The van der Waals surface area contributed by atoms with Crippen LogP contribution in [0.4, 0.5) is 5.82 Å². The van der Waals surface area contributed by atoms with E-state index in [2.05, 4.69) is 29.1 Å². The maximum Gasteiger partial charge on any atom is 0.138 e. The highest BCUT2D eigenvalue weighted by Gasteiger charge is 2.17. The molecule has 1 aromatic rings. The SMILES string of the molecule is CC(C)c1c(Cl)ncnc1NCC1COCCO1. The van der Waals surface area contributed by atoms with Gasteiger partial charge in [0, 0.05) is 12.1 Å². The molecule has 100 valence electrons. The normalized spacial score (nSPS) is 20.1. The molecular formula is C12H18ClN3O2. The van der Waals surface area contributed by atoms with Crippen LogP contribution in [-0.4, -0.2) is 42.4 Å². The first kappa shape index (κ1) is 13.5. The van der Waals surface area contributed by atoms with Crippen molar-refractivity contribution in [1.82, 2.24) is 9.97 Å². The van der Waals surface area contributed by atoms with Crippen molar-refractivity contribution in [2.24, 2.45) is 0 Å². The zero-order valence-electron chi connectivity index (χ0n) is 10.6. The molecule has 1 N–H and O–H groups in total. The van der Waals surface area contributed by atoms with E-state index in [1.165, 1.54) is 6.33 Å². The van der Waals surface area contributed by atoms with Gasteiger partial charge in [0.2, 0.25) is 0 Å². The van der Waals surface area contributed by atoms with Crippen molar-refractivity contribution >= 4 is 17.4 Å². The van der Waals surface area contributed by atoms with Gasteiger partial charge in [0.15, 0.2) is 0 Å². The summed E-state index contributed by atoms with van der Waals surface area (Å²) in [6, 6.07) is 0. The Hall–Kier alpha value is -0.910. The minimum atomic E-state index is 0.0625. The lowest BCUT2D eigenvalue weighted by atomic mass is 10.1. The quantitative estimate of drug-likeness (QED) is 0.850. The summed E-state index contributed by atoms with van der Waals surface area (Å²) in [7, 11) is 0. The number of hydrogen-bond acceptors (Lipinski definition) is 5. The third-order valence-electron chi connectivity index (χ3n) is 2.79. The minimum Gasteiger partial charge on any atom is -0.376 e. The van der Waals surface area contributed by atoms with Crippen molar-refractivity contribution in [3.63, 3.8) is 0 Å². The fourth-order valence-corrected chi connectivity index (χ4v) is 2.24. The Morgan fingerprint density at radius 3 is 2.94 bits per heavy atom. The van der Waals surface area contributed by atoms with E-state index in [4.69, 9.17) is 21.1 Å². The lowest BCUT2D eigenvalue weighted by Crippen LogP contribution is -2.34. The number of nitrogens with zero attached hydrogens (tertiary/aromatic N) is 2. The molecule has 2 rings (SSSR count). The van der Waals surface area contributed by atoms with Gasteiger partial charge in [0.1, 0.15) is 17.3 Å². The molecule has 0 saturated carbocycles. The zero-order valence-corrected chi connectivity index (χ0v) is 11.4. The van der Waals surface area contributed by atoms with Crippen LogP contribution in [0.3, 0.4) is 0 Å². The first-order valence-electron chi connectivity index (χ1n) is 6.12. The van der Waals surface area contributed by atoms with Crippen LogP contribution in [0.5, 0.6) is 0 Å². The van der Waals surface area contributed by atoms with Crippen molar-refractivity contribution < 1.29 is 9.47 Å². The standard InChI is InChI=1S/C12H18ClN3O2/c1-8(2)10-11(13)15-7-16-12(10)14-5-9-6-17-3-4-18-9/h7-9H,3-6H2,1-2H3,(H,14,15,16). The third kappa shape index (κ3) is 3.31. The smallest absolute Gasteiger partial charge is 0.138 e. The fourth-order valence-electron chi connectivity index (χ4n) is 1.89. The molecule has 0 aromatic carbocycles. The summed E-state index contributed by atoms with van der Waals surface area (Å²) in [6.45, 7) is 6.73. The molecule has 1 fully saturated rings. The molecule has 0 bridgehead atoms. The summed E-state index contributed by atoms with van der Waals surface area (Å²) >= 11 is 6.10. The zero-order chi connectivity index (χ0) is 13.0. The summed E-state index contributed by atoms with van der Waals surface area (Å²) in [6.07, 6.45) is 1.53. The Labute approximate surface area is 112 Å². The van der Waals surface area contributed by atoms with Crippen LogP contribution in [0.2, 0.25) is 5.15 Å². The van der Waals surface area contributed by atoms with Gasteiger partial charge in [-0.05, 0) is 5.92 Å².